The summed E-state index contributed by atoms with van der Waals surface area (Å²) in [6, 6.07) is 0. The van der Waals surface area contributed by atoms with E-state index in [1.807, 2.05) is 0 Å². The first-order chi connectivity index (χ1) is 5.41. The van der Waals surface area contributed by atoms with Crippen molar-refractivity contribution < 1.29 is 4.74 Å². The first kappa shape index (κ1) is 7.53. The van der Waals surface area contributed by atoms with Gasteiger partial charge in [-0.3, -0.25) is 0 Å². The standard InChI is InChI=1S/C8H16N2O/c1-2-4-10-8(5-9-3-1)6-11-7-8/h9-10H,1-7H2. The fourth-order valence-corrected chi connectivity index (χ4v) is 1.67. The van der Waals surface area contributed by atoms with Gasteiger partial charge in [0.1, 0.15) is 0 Å². The topological polar surface area (TPSA) is 33.3 Å². The second-order valence-corrected chi connectivity index (χ2v) is 3.58. The molecule has 0 aromatic carbocycles. The summed E-state index contributed by atoms with van der Waals surface area (Å²) < 4.78 is 5.21. The van der Waals surface area contributed by atoms with Crippen LogP contribution in [0, 0.1) is 0 Å². The van der Waals surface area contributed by atoms with Crippen LogP contribution in [-0.2, 0) is 4.74 Å². The van der Waals surface area contributed by atoms with Crippen LogP contribution in [0.1, 0.15) is 12.8 Å². The first-order valence-corrected chi connectivity index (χ1v) is 4.45. The third-order valence-corrected chi connectivity index (χ3v) is 2.50. The molecule has 2 fully saturated rings. The quantitative estimate of drug-likeness (QED) is 0.506. The largest absolute Gasteiger partial charge is 0.377 e. The molecule has 1 spiro atoms. The van der Waals surface area contributed by atoms with Crippen molar-refractivity contribution in [1.82, 2.24) is 10.6 Å². The molecule has 11 heavy (non-hydrogen) atoms. The average molecular weight is 156 g/mol. The van der Waals surface area contributed by atoms with Gasteiger partial charge in [0.05, 0.1) is 18.8 Å². The fourth-order valence-electron chi connectivity index (χ4n) is 1.67. The van der Waals surface area contributed by atoms with Crippen molar-refractivity contribution in [3.05, 3.63) is 0 Å². The molecule has 2 rings (SSSR count). The van der Waals surface area contributed by atoms with Gasteiger partial charge in [-0.25, -0.2) is 0 Å². The van der Waals surface area contributed by atoms with E-state index >= 15 is 0 Å². The third kappa shape index (κ3) is 1.55. The lowest BCUT2D eigenvalue weighted by molar-refractivity contribution is -0.0742. The van der Waals surface area contributed by atoms with E-state index in [2.05, 4.69) is 10.6 Å². The van der Waals surface area contributed by atoms with E-state index in [1.165, 1.54) is 19.4 Å². The summed E-state index contributed by atoms with van der Waals surface area (Å²) in [6.07, 6.45) is 2.58. The lowest BCUT2D eigenvalue weighted by atomic mass is 9.96. The highest BCUT2D eigenvalue weighted by molar-refractivity contribution is 4.96. The molecule has 2 aliphatic heterocycles. The van der Waals surface area contributed by atoms with Gasteiger partial charge < -0.3 is 15.4 Å². The van der Waals surface area contributed by atoms with Gasteiger partial charge in [0.2, 0.25) is 0 Å². The summed E-state index contributed by atoms with van der Waals surface area (Å²) in [4.78, 5) is 0. The maximum Gasteiger partial charge on any atom is 0.0779 e. The van der Waals surface area contributed by atoms with E-state index < -0.39 is 0 Å². The Morgan fingerprint density at radius 2 is 1.91 bits per heavy atom. The molecule has 2 heterocycles. The lowest BCUT2D eigenvalue weighted by Gasteiger charge is -2.43. The highest BCUT2D eigenvalue weighted by Crippen LogP contribution is 2.16. The molecular formula is C8H16N2O. The van der Waals surface area contributed by atoms with Gasteiger partial charge in [-0.1, -0.05) is 0 Å². The number of nitrogens with one attached hydrogen (secondary N) is 2. The molecule has 0 saturated carbocycles. The molecular weight excluding hydrogens is 140 g/mol. The number of hydrogen-bond donors (Lipinski definition) is 2. The van der Waals surface area contributed by atoms with Crippen LogP contribution in [0.15, 0.2) is 0 Å². The van der Waals surface area contributed by atoms with Crippen molar-refractivity contribution in [1.29, 1.82) is 0 Å². The smallest absolute Gasteiger partial charge is 0.0779 e. The number of rotatable bonds is 0. The second-order valence-electron chi connectivity index (χ2n) is 3.58. The summed E-state index contributed by atoms with van der Waals surface area (Å²) in [7, 11) is 0. The monoisotopic (exact) mass is 156 g/mol. The Kier molecular flexibility index (Phi) is 2.11. The predicted molar refractivity (Wildman–Crippen MR) is 43.7 cm³/mol. The molecule has 0 bridgehead atoms. The average Bonchev–Trinajstić information content (AvgIpc) is 1.82. The molecule has 2 N–H and O–H groups in total. The highest BCUT2D eigenvalue weighted by Gasteiger charge is 2.37. The molecule has 0 aromatic heterocycles. The SMILES string of the molecule is C1CCNC2(CNC1)COC2. The molecule has 0 aromatic rings. The summed E-state index contributed by atoms with van der Waals surface area (Å²) in [5.41, 5.74) is 0.292. The van der Waals surface area contributed by atoms with Crippen molar-refractivity contribution >= 4 is 0 Å². The van der Waals surface area contributed by atoms with E-state index in [9.17, 15) is 0 Å². The fraction of sp³-hybridized carbons (Fsp3) is 1.00. The van der Waals surface area contributed by atoms with Crippen LogP contribution in [0.5, 0.6) is 0 Å². The minimum atomic E-state index is 0.292. The van der Waals surface area contributed by atoms with Crippen LogP contribution < -0.4 is 10.6 Å². The Morgan fingerprint density at radius 3 is 2.64 bits per heavy atom. The molecule has 0 unspecified atom stereocenters. The van der Waals surface area contributed by atoms with E-state index in [1.54, 1.807) is 0 Å². The van der Waals surface area contributed by atoms with E-state index in [-0.39, 0.29) is 0 Å². The third-order valence-electron chi connectivity index (χ3n) is 2.50. The van der Waals surface area contributed by atoms with Crippen molar-refractivity contribution in [2.75, 3.05) is 32.8 Å². The summed E-state index contributed by atoms with van der Waals surface area (Å²) >= 11 is 0. The zero-order chi connectivity index (χ0) is 7.57. The first-order valence-electron chi connectivity index (χ1n) is 4.45. The van der Waals surface area contributed by atoms with Gasteiger partial charge in [0, 0.05) is 6.54 Å². The minimum Gasteiger partial charge on any atom is -0.377 e. The Balaban J connectivity index is 1.86. The maximum atomic E-state index is 5.21. The Bertz CT molecular complexity index is 124. The van der Waals surface area contributed by atoms with Gasteiger partial charge in [0.15, 0.2) is 0 Å². The van der Waals surface area contributed by atoms with Gasteiger partial charge >= 0.3 is 0 Å². The Labute approximate surface area is 67.5 Å². The van der Waals surface area contributed by atoms with Crippen LogP contribution in [0.25, 0.3) is 0 Å². The highest BCUT2D eigenvalue weighted by atomic mass is 16.5. The van der Waals surface area contributed by atoms with E-state index in [4.69, 9.17) is 4.74 Å². The molecule has 3 nitrogen and oxygen atoms in total. The molecule has 2 saturated heterocycles. The van der Waals surface area contributed by atoms with E-state index in [0.717, 1.165) is 26.3 Å². The minimum absolute atomic E-state index is 0.292. The molecule has 64 valence electrons. The summed E-state index contributed by atoms with van der Waals surface area (Å²) in [5.74, 6) is 0. The summed E-state index contributed by atoms with van der Waals surface area (Å²) in [6.45, 7) is 5.18. The molecule has 3 heteroatoms. The summed E-state index contributed by atoms with van der Waals surface area (Å²) in [5, 5.41) is 6.98. The molecule has 0 aliphatic carbocycles. The van der Waals surface area contributed by atoms with Gasteiger partial charge in [-0.05, 0) is 25.9 Å². The van der Waals surface area contributed by atoms with Crippen LogP contribution >= 0.6 is 0 Å². The van der Waals surface area contributed by atoms with Gasteiger partial charge in [0.25, 0.3) is 0 Å². The van der Waals surface area contributed by atoms with Crippen molar-refractivity contribution in [2.45, 2.75) is 18.4 Å². The van der Waals surface area contributed by atoms with Crippen molar-refractivity contribution in [3.8, 4) is 0 Å². The number of ether oxygens (including phenoxy) is 1. The van der Waals surface area contributed by atoms with Crippen LogP contribution in [-0.4, -0.2) is 38.4 Å². The van der Waals surface area contributed by atoms with Crippen LogP contribution in [0.4, 0.5) is 0 Å². The van der Waals surface area contributed by atoms with Crippen molar-refractivity contribution in [3.63, 3.8) is 0 Å². The normalized spacial score (nSPS) is 30.5. The van der Waals surface area contributed by atoms with Crippen LogP contribution in [0.2, 0.25) is 0 Å². The molecule has 0 atom stereocenters. The molecule has 2 aliphatic rings. The predicted octanol–water partition coefficient (Wildman–Crippen LogP) is -0.272. The van der Waals surface area contributed by atoms with Crippen LogP contribution in [0.3, 0.4) is 0 Å². The van der Waals surface area contributed by atoms with E-state index in [0.29, 0.717) is 5.54 Å². The molecule has 0 radical (unpaired) electrons. The Hall–Kier alpha value is -0.120. The lowest BCUT2D eigenvalue weighted by Crippen LogP contribution is -2.66. The Morgan fingerprint density at radius 1 is 1.09 bits per heavy atom. The van der Waals surface area contributed by atoms with Gasteiger partial charge in [-0.2, -0.15) is 0 Å². The maximum absolute atomic E-state index is 5.21. The zero-order valence-electron chi connectivity index (χ0n) is 6.86. The second kappa shape index (κ2) is 3.09. The van der Waals surface area contributed by atoms with Gasteiger partial charge in [-0.15, -0.1) is 0 Å². The zero-order valence-corrected chi connectivity index (χ0v) is 6.86. The number of hydrogen-bond acceptors (Lipinski definition) is 3. The molecule has 0 amide bonds. The van der Waals surface area contributed by atoms with Crippen molar-refractivity contribution in [2.24, 2.45) is 0 Å².